The zero-order chi connectivity index (χ0) is 15.3. The number of halogens is 1. The number of aryl methyl sites for hydroxylation is 1. The minimum Gasteiger partial charge on any atom is -0.324 e. The Bertz CT molecular complexity index is 508. The number of urea groups is 1. The van der Waals surface area contributed by atoms with Gasteiger partial charge in [-0.3, -0.25) is 4.21 Å². The topological polar surface area (TPSA) is 49.4 Å². The summed E-state index contributed by atoms with van der Waals surface area (Å²) in [4.78, 5) is 13.5. The number of nitrogens with zero attached hydrogens (tertiary/aromatic N) is 1. The van der Waals surface area contributed by atoms with Gasteiger partial charge in [-0.05, 0) is 31.0 Å². The minimum absolute atomic E-state index is 0.152. The number of rotatable bonds is 5. The highest BCUT2D eigenvalue weighted by molar-refractivity contribution is 7.84. The maximum Gasteiger partial charge on any atom is 0.321 e. The Balaban J connectivity index is 2.70. The first-order valence-corrected chi connectivity index (χ1v) is 8.20. The third kappa shape index (κ3) is 4.59. The number of anilines is 1. The Kier molecular flexibility index (Phi) is 6.13. The highest BCUT2D eigenvalue weighted by Gasteiger charge is 2.17. The summed E-state index contributed by atoms with van der Waals surface area (Å²) < 4.78 is 24.8. The fourth-order valence-electron chi connectivity index (χ4n) is 1.78. The van der Waals surface area contributed by atoms with Crippen molar-refractivity contribution in [3.05, 3.63) is 29.6 Å². The summed E-state index contributed by atoms with van der Waals surface area (Å²) in [6, 6.07) is 4.16. The third-order valence-corrected chi connectivity index (χ3v) is 4.09. The molecule has 4 nitrogen and oxygen atoms in total. The monoisotopic (exact) mass is 300 g/mol. The van der Waals surface area contributed by atoms with Gasteiger partial charge >= 0.3 is 6.03 Å². The van der Waals surface area contributed by atoms with Crippen LogP contribution < -0.4 is 5.32 Å². The molecule has 0 saturated heterocycles. The number of nitrogens with one attached hydrogen (secondary N) is 1. The zero-order valence-electron chi connectivity index (χ0n) is 12.3. The van der Waals surface area contributed by atoms with Crippen molar-refractivity contribution in [2.75, 3.05) is 24.4 Å². The van der Waals surface area contributed by atoms with Crippen LogP contribution in [0.15, 0.2) is 18.2 Å². The Morgan fingerprint density at radius 1 is 1.50 bits per heavy atom. The van der Waals surface area contributed by atoms with E-state index in [0.29, 0.717) is 23.4 Å². The van der Waals surface area contributed by atoms with E-state index in [1.54, 1.807) is 25.4 Å². The summed E-state index contributed by atoms with van der Waals surface area (Å²) in [6.45, 7) is 3.69. The number of hydrogen-bond donors (Lipinski definition) is 1. The molecule has 0 unspecified atom stereocenters. The van der Waals surface area contributed by atoms with Gasteiger partial charge in [0.15, 0.2) is 0 Å². The Morgan fingerprint density at radius 2 is 2.15 bits per heavy atom. The predicted octanol–water partition coefficient (Wildman–Crippen LogP) is 2.62. The molecule has 0 aliphatic carbocycles. The van der Waals surface area contributed by atoms with E-state index < -0.39 is 10.8 Å². The van der Waals surface area contributed by atoms with Crippen LogP contribution in [0.25, 0.3) is 0 Å². The summed E-state index contributed by atoms with van der Waals surface area (Å²) in [6.07, 6.45) is 2.21. The van der Waals surface area contributed by atoms with Crippen molar-refractivity contribution >= 4 is 22.5 Å². The highest BCUT2D eigenvalue weighted by atomic mass is 32.2. The minimum atomic E-state index is -0.969. The molecule has 112 valence electrons. The number of carbonyl (C=O) groups is 1. The van der Waals surface area contributed by atoms with Crippen LogP contribution in [0.3, 0.4) is 0 Å². The molecule has 0 spiro atoms. The van der Waals surface area contributed by atoms with Gasteiger partial charge in [0.25, 0.3) is 0 Å². The number of hydrogen-bond acceptors (Lipinski definition) is 2. The predicted molar refractivity (Wildman–Crippen MR) is 81.0 cm³/mol. The molecular formula is C14H21FN2O2S. The quantitative estimate of drug-likeness (QED) is 0.908. The lowest BCUT2D eigenvalue weighted by atomic mass is 10.1. The van der Waals surface area contributed by atoms with Gasteiger partial charge in [0.05, 0.1) is 0 Å². The molecule has 0 fully saturated rings. The summed E-state index contributed by atoms with van der Waals surface area (Å²) in [5.41, 5.74) is 1.03. The molecule has 0 aromatic heterocycles. The maximum absolute atomic E-state index is 13.6. The van der Waals surface area contributed by atoms with Gasteiger partial charge in [-0.25, -0.2) is 9.18 Å². The summed E-state index contributed by atoms with van der Waals surface area (Å²) >= 11 is 0. The fraction of sp³-hybridized carbons (Fsp3) is 0.500. The van der Waals surface area contributed by atoms with Crippen LogP contribution in [0.5, 0.6) is 0 Å². The Hall–Kier alpha value is -1.43. The molecule has 1 rings (SSSR count). The van der Waals surface area contributed by atoms with Gasteiger partial charge in [-0.2, -0.15) is 0 Å². The molecule has 0 radical (unpaired) electrons. The zero-order valence-corrected chi connectivity index (χ0v) is 13.1. The van der Waals surface area contributed by atoms with Gasteiger partial charge < -0.3 is 10.2 Å². The average molecular weight is 300 g/mol. The van der Waals surface area contributed by atoms with E-state index in [4.69, 9.17) is 0 Å². The van der Waals surface area contributed by atoms with Crippen molar-refractivity contribution in [3.63, 3.8) is 0 Å². The van der Waals surface area contributed by atoms with E-state index >= 15 is 0 Å². The highest BCUT2D eigenvalue weighted by Crippen LogP contribution is 2.15. The first kappa shape index (κ1) is 16.6. The van der Waals surface area contributed by atoms with Crippen LogP contribution in [-0.2, 0) is 17.2 Å². The number of carbonyl (C=O) groups excluding carboxylic acids is 1. The van der Waals surface area contributed by atoms with E-state index in [0.717, 1.165) is 0 Å². The second-order valence-electron chi connectivity index (χ2n) is 4.79. The van der Waals surface area contributed by atoms with Gasteiger partial charge in [0, 0.05) is 41.6 Å². The van der Waals surface area contributed by atoms with Gasteiger partial charge in [0.2, 0.25) is 0 Å². The Labute approximate surface area is 121 Å². The summed E-state index contributed by atoms with van der Waals surface area (Å²) in [7, 11) is 0.660. The Morgan fingerprint density at radius 3 is 2.65 bits per heavy atom. The van der Waals surface area contributed by atoms with Crippen molar-refractivity contribution in [2.45, 2.75) is 26.3 Å². The molecule has 0 heterocycles. The molecule has 6 heteroatoms. The second kappa shape index (κ2) is 7.38. The van der Waals surface area contributed by atoms with Crippen LogP contribution in [0.1, 0.15) is 19.4 Å². The van der Waals surface area contributed by atoms with Crippen LogP contribution in [-0.4, -0.2) is 40.2 Å². The molecule has 20 heavy (non-hydrogen) atoms. The van der Waals surface area contributed by atoms with Gasteiger partial charge in [-0.1, -0.05) is 13.0 Å². The van der Waals surface area contributed by atoms with Crippen molar-refractivity contribution in [1.82, 2.24) is 4.90 Å². The summed E-state index contributed by atoms with van der Waals surface area (Å²) in [5, 5.41) is 2.64. The van der Waals surface area contributed by atoms with Crippen LogP contribution >= 0.6 is 0 Å². The maximum atomic E-state index is 13.6. The largest absolute Gasteiger partial charge is 0.324 e. The van der Waals surface area contributed by atoms with Crippen molar-refractivity contribution in [1.29, 1.82) is 0 Å². The molecular weight excluding hydrogens is 279 g/mol. The third-order valence-electron chi connectivity index (χ3n) is 3.14. The lowest BCUT2D eigenvalue weighted by Crippen LogP contribution is -2.40. The molecule has 2 amide bonds. The number of benzene rings is 1. The molecule has 0 bridgehead atoms. The van der Waals surface area contributed by atoms with Crippen molar-refractivity contribution < 1.29 is 13.4 Å². The molecule has 1 aromatic rings. The smallest absolute Gasteiger partial charge is 0.321 e. The van der Waals surface area contributed by atoms with E-state index in [1.165, 1.54) is 11.0 Å². The molecule has 0 saturated carbocycles. The lowest BCUT2D eigenvalue weighted by molar-refractivity contribution is 0.212. The van der Waals surface area contributed by atoms with Crippen molar-refractivity contribution in [2.24, 2.45) is 0 Å². The summed E-state index contributed by atoms with van der Waals surface area (Å²) in [5.74, 6) is 0.0863. The molecule has 0 aliphatic rings. The van der Waals surface area contributed by atoms with E-state index in [9.17, 15) is 13.4 Å². The van der Waals surface area contributed by atoms with Gasteiger partial charge in [0.1, 0.15) is 5.82 Å². The SMILES string of the molecule is CCc1ccc(NC(=O)N(C)[C@@H](C)C[S@@](C)=O)cc1F. The molecule has 1 aromatic carbocycles. The fourth-order valence-corrected chi connectivity index (χ4v) is 2.68. The standard InChI is InChI=1S/C14H21FN2O2S/c1-5-11-6-7-12(8-13(11)15)16-14(18)17(3)10(2)9-20(4)19/h6-8,10H,5,9H2,1-4H3,(H,16,18)/t10-,20+/m0/s1. The second-order valence-corrected chi connectivity index (χ2v) is 6.27. The van der Waals surface area contributed by atoms with Crippen molar-refractivity contribution in [3.8, 4) is 0 Å². The first-order valence-electron chi connectivity index (χ1n) is 6.47. The molecule has 0 aliphatic heterocycles. The van der Waals surface area contributed by atoms with Crippen LogP contribution in [0.4, 0.5) is 14.9 Å². The van der Waals surface area contributed by atoms with Crippen LogP contribution in [0, 0.1) is 5.82 Å². The van der Waals surface area contributed by atoms with E-state index in [2.05, 4.69) is 5.32 Å². The molecule has 1 N–H and O–H groups in total. The van der Waals surface area contributed by atoms with E-state index in [1.807, 2.05) is 13.8 Å². The average Bonchev–Trinajstić information content (AvgIpc) is 2.37. The lowest BCUT2D eigenvalue weighted by Gasteiger charge is -2.24. The number of amides is 2. The first-order chi connectivity index (χ1) is 9.35. The van der Waals surface area contributed by atoms with Gasteiger partial charge in [-0.15, -0.1) is 0 Å². The normalized spacial score (nSPS) is 13.7. The molecule has 2 atom stereocenters. The van der Waals surface area contributed by atoms with Crippen LogP contribution in [0.2, 0.25) is 0 Å². The van der Waals surface area contributed by atoms with E-state index in [-0.39, 0.29) is 17.9 Å².